The highest BCUT2D eigenvalue weighted by Gasteiger charge is 2.09. The minimum atomic E-state index is 0.754. The Morgan fingerprint density at radius 3 is 2.50 bits per heavy atom. The van der Waals surface area contributed by atoms with Crippen LogP contribution < -0.4 is 15.6 Å². The van der Waals surface area contributed by atoms with Crippen LogP contribution in [-0.4, -0.2) is 37.4 Å². The molecule has 0 radical (unpaired) electrons. The van der Waals surface area contributed by atoms with Gasteiger partial charge in [-0.15, -0.1) is 0 Å². The van der Waals surface area contributed by atoms with E-state index in [1.54, 1.807) is 6.20 Å². The predicted octanol–water partition coefficient (Wildman–Crippen LogP) is 3.20. The number of nitrogens with zero attached hydrogens (tertiary/aromatic N) is 3. The lowest BCUT2D eigenvalue weighted by atomic mass is 10.2. The quantitative estimate of drug-likeness (QED) is 0.548. The fourth-order valence-electron chi connectivity index (χ4n) is 2.94. The van der Waals surface area contributed by atoms with Gasteiger partial charge in [0.2, 0.25) is 0 Å². The molecule has 4 rings (SSSR count). The molecule has 3 aromatic rings. The summed E-state index contributed by atoms with van der Waals surface area (Å²) in [6, 6.07) is 16.4. The maximum atomic E-state index is 5.28. The molecule has 2 N–H and O–H groups in total. The normalized spacial score (nSPS) is 14.7. The molecule has 6 heteroatoms. The molecule has 132 valence electrons. The number of oxazole rings is 1. The largest absolute Gasteiger partial charge is 0.444 e. The number of hydrazone groups is 1. The van der Waals surface area contributed by atoms with E-state index in [0.717, 1.165) is 48.8 Å². The number of aromatic nitrogens is 1. The molecule has 0 bridgehead atoms. The second-order valence-corrected chi connectivity index (χ2v) is 6.14. The lowest BCUT2D eigenvalue weighted by Crippen LogP contribution is -2.43. The maximum Gasteiger partial charge on any atom is 0.181 e. The zero-order valence-electron chi connectivity index (χ0n) is 14.4. The fraction of sp³-hybridized carbons (Fsp3) is 0.200. The molecule has 0 amide bonds. The molecule has 1 aromatic heterocycles. The molecular weight excluding hydrogens is 326 g/mol. The van der Waals surface area contributed by atoms with Crippen molar-refractivity contribution in [3.8, 4) is 11.3 Å². The van der Waals surface area contributed by atoms with E-state index in [2.05, 4.69) is 50.0 Å². The number of benzene rings is 2. The molecule has 0 saturated carbocycles. The number of hydrogen-bond acceptors (Lipinski definition) is 6. The third-order valence-corrected chi connectivity index (χ3v) is 4.38. The van der Waals surface area contributed by atoms with E-state index in [1.807, 2.05) is 30.5 Å². The maximum absolute atomic E-state index is 5.28. The van der Waals surface area contributed by atoms with Gasteiger partial charge in [-0.3, -0.25) is 5.43 Å². The van der Waals surface area contributed by atoms with Crippen LogP contribution in [0.5, 0.6) is 0 Å². The van der Waals surface area contributed by atoms with Gasteiger partial charge in [0, 0.05) is 37.4 Å². The molecule has 0 aliphatic carbocycles. The Hall–Kier alpha value is -3.12. The highest BCUT2D eigenvalue weighted by atomic mass is 16.3. The van der Waals surface area contributed by atoms with Crippen LogP contribution in [0.15, 0.2) is 70.6 Å². The van der Waals surface area contributed by atoms with Crippen LogP contribution in [0.25, 0.3) is 11.3 Å². The number of anilines is 2. The van der Waals surface area contributed by atoms with Crippen LogP contribution in [0.3, 0.4) is 0 Å². The van der Waals surface area contributed by atoms with Gasteiger partial charge in [-0.2, -0.15) is 5.10 Å². The van der Waals surface area contributed by atoms with Crippen LogP contribution >= 0.6 is 0 Å². The van der Waals surface area contributed by atoms with Gasteiger partial charge in [0.05, 0.1) is 18.1 Å². The SMILES string of the molecule is C(=N\Nc1ccc(-c2cnco2)cc1)/c1ccc(N2CCNCC2)cc1. The molecule has 0 unspecified atom stereocenters. The van der Waals surface area contributed by atoms with E-state index >= 15 is 0 Å². The van der Waals surface area contributed by atoms with Crippen LogP contribution in [-0.2, 0) is 0 Å². The predicted molar refractivity (Wildman–Crippen MR) is 105 cm³/mol. The lowest BCUT2D eigenvalue weighted by Gasteiger charge is -2.29. The molecule has 0 atom stereocenters. The standard InChI is InChI=1S/C20H21N5O/c1-7-19(25-11-9-21-10-12-25)8-2-16(1)13-23-24-18-5-3-17(4-6-18)20-14-22-15-26-20/h1-8,13-15,21,24H,9-12H2/b23-13+. The molecule has 1 saturated heterocycles. The number of nitrogens with one attached hydrogen (secondary N) is 2. The van der Waals surface area contributed by atoms with Crippen molar-refractivity contribution in [2.24, 2.45) is 5.10 Å². The Bertz CT molecular complexity index is 835. The smallest absolute Gasteiger partial charge is 0.181 e. The molecule has 1 aliphatic heterocycles. The zero-order valence-corrected chi connectivity index (χ0v) is 14.4. The first-order valence-electron chi connectivity index (χ1n) is 8.72. The van der Waals surface area contributed by atoms with E-state index in [9.17, 15) is 0 Å². The highest BCUT2D eigenvalue weighted by Crippen LogP contribution is 2.20. The molecular formula is C20H21N5O. The summed E-state index contributed by atoms with van der Waals surface area (Å²) < 4.78 is 5.28. The molecule has 1 aliphatic rings. The average molecular weight is 347 g/mol. The number of rotatable bonds is 5. The van der Waals surface area contributed by atoms with E-state index in [1.165, 1.54) is 12.1 Å². The van der Waals surface area contributed by atoms with E-state index in [0.29, 0.717) is 0 Å². The van der Waals surface area contributed by atoms with Crippen molar-refractivity contribution in [3.63, 3.8) is 0 Å². The Morgan fingerprint density at radius 1 is 1.04 bits per heavy atom. The molecule has 26 heavy (non-hydrogen) atoms. The molecule has 1 fully saturated rings. The lowest BCUT2D eigenvalue weighted by molar-refractivity contribution is 0.572. The second-order valence-electron chi connectivity index (χ2n) is 6.14. The first-order chi connectivity index (χ1) is 12.9. The van der Waals surface area contributed by atoms with Crippen LogP contribution in [0, 0.1) is 0 Å². The number of piperazine rings is 1. The topological polar surface area (TPSA) is 65.7 Å². The Kier molecular flexibility index (Phi) is 4.93. The summed E-state index contributed by atoms with van der Waals surface area (Å²) in [4.78, 5) is 6.32. The Labute approximate surface area is 152 Å². The molecule has 0 spiro atoms. The first kappa shape index (κ1) is 16.4. The second kappa shape index (κ2) is 7.84. The van der Waals surface area contributed by atoms with Crippen molar-refractivity contribution in [1.82, 2.24) is 10.3 Å². The summed E-state index contributed by atoms with van der Waals surface area (Å²) in [5.41, 5.74) is 7.28. The molecule has 2 aromatic carbocycles. The fourth-order valence-corrected chi connectivity index (χ4v) is 2.94. The van der Waals surface area contributed by atoms with Gasteiger partial charge in [0.25, 0.3) is 0 Å². The Balaban J connectivity index is 1.34. The van der Waals surface area contributed by atoms with Crippen LogP contribution in [0.4, 0.5) is 11.4 Å². The van der Waals surface area contributed by atoms with Gasteiger partial charge in [0.1, 0.15) is 0 Å². The number of hydrogen-bond donors (Lipinski definition) is 2. The van der Waals surface area contributed by atoms with Crippen molar-refractivity contribution < 1.29 is 4.42 Å². The van der Waals surface area contributed by atoms with Crippen LogP contribution in [0.2, 0.25) is 0 Å². The summed E-state index contributed by atoms with van der Waals surface area (Å²) in [6.07, 6.45) is 4.95. The molecule has 2 heterocycles. The van der Waals surface area contributed by atoms with Gasteiger partial charge in [-0.25, -0.2) is 4.98 Å². The van der Waals surface area contributed by atoms with Crippen molar-refractivity contribution >= 4 is 17.6 Å². The summed E-state index contributed by atoms with van der Waals surface area (Å²) in [6.45, 7) is 4.20. The van der Waals surface area contributed by atoms with Gasteiger partial charge in [-0.1, -0.05) is 12.1 Å². The van der Waals surface area contributed by atoms with Gasteiger partial charge >= 0.3 is 0 Å². The highest BCUT2D eigenvalue weighted by molar-refractivity contribution is 5.81. The summed E-state index contributed by atoms with van der Waals surface area (Å²) in [7, 11) is 0. The third-order valence-electron chi connectivity index (χ3n) is 4.38. The molecule has 6 nitrogen and oxygen atoms in total. The first-order valence-corrected chi connectivity index (χ1v) is 8.72. The summed E-state index contributed by atoms with van der Waals surface area (Å²) in [5, 5.41) is 7.68. The van der Waals surface area contributed by atoms with Crippen molar-refractivity contribution in [3.05, 3.63) is 66.7 Å². The van der Waals surface area contributed by atoms with Crippen molar-refractivity contribution in [2.75, 3.05) is 36.5 Å². The van der Waals surface area contributed by atoms with Crippen molar-refractivity contribution in [1.29, 1.82) is 0 Å². The van der Waals surface area contributed by atoms with Crippen molar-refractivity contribution in [2.45, 2.75) is 0 Å². The van der Waals surface area contributed by atoms with E-state index in [4.69, 9.17) is 4.42 Å². The van der Waals surface area contributed by atoms with Gasteiger partial charge < -0.3 is 14.6 Å². The van der Waals surface area contributed by atoms with E-state index in [-0.39, 0.29) is 0 Å². The summed E-state index contributed by atoms with van der Waals surface area (Å²) >= 11 is 0. The average Bonchev–Trinajstić information content (AvgIpc) is 3.25. The van der Waals surface area contributed by atoms with E-state index < -0.39 is 0 Å². The monoisotopic (exact) mass is 347 g/mol. The third kappa shape index (κ3) is 3.92. The van der Waals surface area contributed by atoms with Gasteiger partial charge in [0.15, 0.2) is 12.2 Å². The summed E-state index contributed by atoms with van der Waals surface area (Å²) in [5.74, 6) is 0.754. The minimum absolute atomic E-state index is 0.754. The zero-order chi connectivity index (χ0) is 17.6. The minimum Gasteiger partial charge on any atom is -0.444 e. The Morgan fingerprint density at radius 2 is 1.81 bits per heavy atom. The van der Waals surface area contributed by atoms with Crippen LogP contribution in [0.1, 0.15) is 5.56 Å². The van der Waals surface area contributed by atoms with Gasteiger partial charge in [-0.05, 0) is 42.0 Å².